The summed E-state index contributed by atoms with van der Waals surface area (Å²) >= 11 is 0. The van der Waals surface area contributed by atoms with Gasteiger partial charge in [0.05, 0.1) is 0 Å². The van der Waals surface area contributed by atoms with Gasteiger partial charge in [-0.3, -0.25) is 4.79 Å². The second-order valence-corrected chi connectivity index (χ2v) is 8.53. The molecule has 4 rings (SSSR count). The monoisotopic (exact) mass is 480 g/mol. The van der Waals surface area contributed by atoms with Crippen molar-refractivity contribution in [2.45, 2.75) is 25.9 Å². The van der Waals surface area contributed by atoms with E-state index in [1.807, 2.05) is 0 Å². The lowest BCUT2D eigenvalue weighted by molar-refractivity contribution is 0.0952. The molecule has 2 aromatic carbocycles. The minimum Gasteiger partial charge on any atom is -0.441 e. The summed E-state index contributed by atoms with van der Waals surface area (Å²) < 4.78 is 23.2. The van der Waals surface area contributed by atoms with Gasteiger partial charge < -0.3 is 24.8 Å². The zero-order chi connectivity index (χ0) is 24.6. The number of benzene rings is 2. The fourth-order valence-corrected chi connectivity index (χ4v) is 4.17. The topological polar surface area (TPSA) is 96.7 Å². The van der Waals surface area contributed by atoms with Crippen molar-refractivity contribution in [3.05, 3.63) is 71.9 Å². The molecule has 2 heterocycles. The molecule has 3 aromatic rings. The van der Waals surface area contributed by atoms with E-state index in [4.69, 9.17) is 9.26 Å². The summed E-state index contributed by atoms with van der Waals surface area (Å²) in [4.78, 5) is 25.8. The van der Waals surface area contributed by atoms with E-state index in [2.05, 4.69) is 45.0 Å². The minimum atomic E-state index is -0.526. The number of piperidine rings is 1. The number of carbonyl (C=O) groups excluding carboxylic acids is 2. The van der Waals surface area contributed by atoms with Crippen LogP contribution in [0.25, 0.3) is 11.1 Å². The average Bonchev–Trinajstić information content (AvgIpc) is 3.37. The van der Waals surface area contributed by atoms with Gasteiger partial charge in [0.2, 0.25) is 0 Å². The summed E-state index contributed by atoms with van der Waals surface area (Å²) in [6, 6.07) is 16.3. The van der Waals surface area contributed by atoms with Crippen LogP contribution in [-0.2, 0) is 11.3 Å². The third-order valence-electron chi connectivity index (χ3n) is 6.21. The molecule has 0 aliphatic carbocycles. The summed E-state index contributed by atoms with van der Waals surface area (Å²) in [6.07, 6.45) is 2.46. The molecule has 35 heavy (non-hydrogen) atoms. The Morgan fingerprint density at radius 3 is 2.40 bits per heavy atom. The third kappa shape index (κ3) is 6.59. The molecule has 0 saturated carbocycles. The van der Waals surface area contributed by atoms with Crippen molar-refractivity contribution in [3.63, 3.8) is 0 Å². The van der Waals surface area contributed by atoms with Crippen LogP contribution in [-0.4, -0.2) is 43.8 Å². The van der Waals surface area contributed by atoms with Gasteiger partial charge in [-0.1, -0.05) is 29.4 Å². The quantitative estimate of drug-likeness (QED) is 0.497. The summed E-state index contributed by atoms with van der Waals surface area (Å²) in [5.74, 6) is 0.244. The highest BCUT2D eigenvalue weighted by Gasteiger charge is 2.20. The van der Waals surface area contributed by atoms with Crippen LogP contribution in [0.5, 0.6) is 0 Å². The number of ether oxygens (including phenoxy) is 1. The molecule has 1 fully saturated rings. The Bertz CT molecular complexity index is 1120. The first-order valence-electron chi connectivity index (χ1n) is 11.7. The van der Waals surface area contributed by atoms with Crippen LogP contribution >= 0.6 is 0 Å². The lowest BCUT2D eigenvalue weighted by atomic mass is 9.93. The summed E-state index contributed by atoms with van der Waals surface area (Å²) in [6.45, 7) is 2.37. The van der Waals surface area contributed by atoms with Crippen LogP contribution in [0.4, 0.5) is 14.9 Å². The maximum Gasteiger partial charge on any atom is 0.407 e. The van der Waals surface area contributed by atoms with Gasteiger partial charge in [-0.05, 0) is 60.6 Å². The molecule has 8 nitrogen and oxygen atoms in total. The van der Waals surface area contributed by atoms with Gasteiger partial charge in [0, 0.05) is 38.4 Å². The molecular weight excluding hydrogens is 451 g/mol. The lowest BCUT2D eigenvalue weighted by Crippen LogP contribution is -2.35. The molecule has 0 atom stereocenters. The van der Waals surface area contributed by atoms with Crippen molar-refractivity contribution in [2.24, 2.45) is 5.92 Å². The van der Waals surface area contributed by atoms with E-state index in [0.29, 0.717) is 18.2 Å². The number of aromatic nitrogens is 1. The Balaban J connectivity index is 1.14. The van der Waals surface area contributed by atoms with Gasteiger partial charge >= 0.3 is 6.09 Å². The Morgan fingerprint density at radius 2 is 1.74 bits per heavy atom. The first kappa shape index (κ1) is 24.3. The molecule has 1 aromatic heterocycles. The number of amides is 2. The summed E-state index contributed by atoms with van der Waals surface area (Å²) in [5, 5.41) is 8.84. The van der Waals surface area contributed by atoms with Crippen LogP contribution < -0.4 is 15.5 Å². The number of hydrogen-bond acceptors (Lipinski definition) is 6. The standard InChI is InChI=1S/C26H29FN4O4/c1-28-25(32)24-16-23(35-30-24)17-34-26(33)29-13-10-18-11-14-31(15-12-18)22-8-4-20(5-9-22)19-2-6-21(27)7-3-19/h2-9,16,18H,10-15,17H2,1H3,(H,28,32)(H,29,33). The van der Waals surface area contributed by atoms with Gasteiger partial charge in [-0.25, -0.2) is 9.18 Å². The van der Waals surface area contributed by atoms with Gasteiger partial charge in [0.25, 0.3) is 5.91 Å². The van der Waals surface area contributed by atoms with Crippen LogP contribution in [0, 0.1) is 11.7 Å². The molecule has 1 saturated heterocycles. The van der Waals surface area contributed by atoms with Gasteiger partial charge in [-0.2, -0.15) is 0 Å². The number of alkyl carbamates (subject to hydrolysis) is 1. The largest absolute Gasteiger partial charge is 0.441 e. The Hall–Kier alpha value is -3.88. The van der Waals surface area contributed by atoms with E-state index < -0.39 is 6.09 Å². The fraction of sp³-hybridized carbons (Fsp3) is 0.346. The van der Waals surface area contributed by atoms with Crippen molar-refractivity contribution in [1.82, 2.24) is 15.8 Å². The van der Waals surface area contributed by atoms with E-state index >= 15 is 0 Å². The molecule has 1 aliphatic heterocycles. The van der Waals surface area contributed by atoms with Gasteiger partial charge in [0.1, 0.15) is 5.82 Å². The van der Waals surface area contributed by atoms with Gasteiger partial charge in [-0.15, -0.1) is 0 Å². The van der Waals surface area contributed by atoms with Crippen LogP contribution in [0.1, 0.15) is 35.5 Å². The molecule has 184 valence electrons. The van der Waals surface area contributed by atoms with Gasteiger partial charge in [0.15, 0.2) is 18.1 Å². The zero-order valence-electron chi connectivity index (χ0n) is 19.6. The van der Waals surface area contributed by atoms with Crippen LogP contribution in [0.15, 0.2) is 59.1 Å². The van der Waals surface area contributed by atoms with Crippen molar-refractivity contribution in [1.29, 1.82) is 0 Å². The number of rotatable bonds is 8. The first-order valence-corrected chi connectivity index (χ1v) is 11.7. The highest BCUT2D eigenvalue weighted by atomic mass is 19.1. The predicted octanol–water partition coefficient (Wildman–Crippen LogP) is 4.37. The highest BCUT2D eigenvalue weighted by molar-refractivity contribution is 5.91. The first-order chi connectivity index (χ1) is 17.0. The number of nitrogens with zero attached hydrogens (tertiary/aromatic N) is 2. The second-order valence-electron chi connectivity index (χ2n) is 8.53. The van der Waals surface area contributed by atoms with Crippen molar-refractivity contribution in [3.8, 4) is 11.1 Å². The summed E-state index contributed by atoms with van der Waals surface area (Å²) in [5.41, 5.74) is 3.39. The molecule has 0 unspecified atom stereocenters. The highest BCUT2D eigenvalue weighted by Crippen LogP contribution is 2.27. The number of hydrogen-bond donors (Lipinski definition) is 2. The van der Waals surface area contributed by atoms with Crippen LogP contribution in [0.3, 0.4) is 0 Å². The molecule has 0 spiro atoms. The Kier molecular flexibility index (Phi) is 7.97. The molecule has 0 radical (unpaired) electrons. The Labute approximate surface area is 203 Å². The van der Waals surface area contributed by atoms with E-state index in [1.54, 1.807) is 12.1 Å². The molecule has 0 bridgehead atoms. The maximum absolute atomic E-state index is 13.1. The third-order valence-corrected chi connectivity index (χ3v) is 6.21. The maximum atomic E-state index is 13.1. The SMILES string of the molecule is CNC(=O)c1cc(COC(=O)NCCC2CCN(c3ccc(-c4ccc(F)cc4)cc3)CC2)on1. The summed E-state index contributed by atoms with van der Waals surface area (Å²) in [7, 11) is 1.50. The van der Waals surface area contributed by atoms with E-state index in [1.165, 1.54) is 30.9 Å². The molecular formula is C26H29FN4O4. The molecule has 2 amide bonds. The number of anilines is 1. The molecule has 2 N–H and O–H groups in total. The molecule has 1 aliphatic rings. The van der Waals surface area contributed by atoms with E-state index in [9.17, 15) is 14.0 Å². The van der Waals surface area contributed by atoms with Crippen molar-refractivity contribution >= 4 is 17.7 Å². The number of nitrogens with one attached hydrogen (secondary N) is 2. The zero-order valence-corrected chi connectivity index (χ0v) is 19.6. The lowest BCUT2D eigenvalue weighted by Gasteiger charge is -2.33. The average molecular weight is 481 g/mol. The smallest absolute Gasteiger partial charge is 0.407 e. The van der Waals surface area contributed by atoms with Crippen molar-refractivity contribution < 1.29 is 23.2 Å². The predicted molar refractivity (Wildman–Crippen MR) is 129 cm³/mol. The fourth-order valence-electron chi connectivity index (χ4n) is 4.17. The van der Waals surface area contributed by atoms with Crippen LogP contribution in [0.2, 0.25) is 0 Å². The Morgan fingerprint density at radius 1 is 1.09 bits per heavy atom. The normalized spacial score (nSPS) is 13.9. The molecule has 9 heteroatoms. The van der Waals surface area contributed by atoms with E-state index in [-0.39, 0.29) is 24.0 Å². The number of carbonyl (C=O) groups is 2. The minimum absolute atomic E-state index is 0.0891. The second kappa shape index (κ2) is 11.5. The van der Waals surface area contributed by atoms with Crippen molar-refractivity contribution in [2.75, 3.05) is 31.6 Å². The van der Waals surface area contributed by atoms with E-state index in [0.717, 1.165) is 43.5 Å². The number of halogens is 1.